The zero-order chi connectivity index (χ0) is 24.9. The normalized spacial score (nSPS) is 15.4. The Hall–Kier alpha value is -4.78. The molecule has 0 aromatic heterocycles. The fourth-order valence-corrected chi connectivity index (χ4v) is 4.03. The monoisotopic (exact) mass is 476 g/mol. The summed E-state index contributed by atoms with van der Waals surface area (Å²) in [6.45, 7) is 0. The smallest absolute Gasteiger partial charge is 0.280 e. The summed E-state index contributed by atoms with van der Waals surface area (Å²) in [7, 11) is 0. The molecule has 5 rings (SSSR count). The number of carbonyl (C=O) groups excluding carboxylic acids is 1. The highest BCUT2D eigenvalue weighted by Crippen LogP contribution is 2.27. The van der Waals surface area contributed by atoms with Gasteiger partial charge in [0.1, 0.15) is 17.2 Å². The quantitative estimate of drug-likeness (QED) is 0.261. The zero-order valence-electron chi connectivity index (χ0n) is 19.4. The molecule has 1 amide bonds. The number of rotatable bonds is 7. The maximum atomic E-state index is 13.3. The van der Waals surface area contributed by atoms with Crippen molar-refractivity contribution in [1.82, 2.24) is 0 Å². The van der Waals surface area contributed by atoms with E-state index in [4.69, 9.17) is 0 Å². The minimum absolute atomic E-state index is 0.129. The number of para-hydroxylation sites is 1. The summed E-state index contributed by atoms with van der Waals surface area (Å²) >= 11 is 0. The lowest BCUT2D eigenvalue weighted by Gasteiger charge is -2.11. The van der Waals surface area contributed by atoms with Gasteiger partial charge in [-0.25, -0.2) is 0 Å². The van der Waals surface area contributed by atoms with Gasteiger partial charge in [0.25, 0.3) is 5.91 Å². The molecule has 1 aliphatic rings. The van der Waals surface area contributed by atoms with Crippen LogP contribution >= 0.6 is 0 Å². The van der Waals surface area contributed by atoms with Crippen molar-refractivity contribution in [3.8, 4) is 11.5 Å². The fraction of sp³-hybridized carbons (Fsp3) is 0.103. The lowest BCUT2D eigenvalue weighted by atomic mass is 10.0. The first-order valence-electron chi connectivity index (χ1n) is 11.6. The summed E-state index contributed by atoms with van der Waals surface area (Å²) in [6, 6.07) is 30.0. The average molecular weight is 477 g/mol. The molecule has 0 saturated heterocycles. The molecule has 0 fully saturated rings. The minimum Gasteiger partial charge on any atom is -0.508 e. The highest BCUT2D eigenvalue weighted by Gasteiger charge is 2.37. The molecule has 7 nitrogen and oxygen atoms in total. The van der Waals surface area contributed by atoms with Gasteiger partial charge in [-0.05, 0) is 66.4 Å². The van der Waals surface area contributed by atoms with Gasteiger partial charge < -0.3 is 10.2 Å². The van der Waals surface area contributed by atoms with Crippen molar-refractivity contribution in [2.24, 2.45) is 15.3 Å². The summed E-state index contributed by atoms with van der Waals surface area (Å²) < 4.78 is 0. The lowest BCUT2D eigenvalue weighted by molar-refractivity contribution is -0.117. The van der Waals surface area contributed by atoms with E-state index in [0.717, 1.165) is 11.1 Å². The van der Waals surface area contributed by atoms with E-state index in [2.05, 4.69) is 15.3 Å². The number of hydrazone groups is 1. The number of azo groups is 1. The lowest BCUT2D eigenvalue weighted by Crippen LogP contribution is -2.30. The number of anilines is 1. The Morgan fingerprint density at radius 3 is 2.22 bits per heavy atom. The molecular weight excluding hydrogens is 452 g/mol. The van der Waals surface area contributed by atoms with Crippen LogP contribution in [0.5, 0.6) is 11.5 Å². The zero-order valence-corrected chi connectivity index (χ0v) is 19.4. The minimum atomic E-state index is -0.846. The third-order valence-electron chi connectivity index (χ3n) is 5.95. The number of carbonyl (C=O) groups is 1. The molecule has 7 heteroatoms. The van der Waals surface area contributed by atoms with Gasteiger partial charge in [0.05, 0.1) is 11.4 Å². The molecule has 0 aliphatic carbocycles. The summed E-state index contributed by atoms with van der Waals surface area (Å²) in [5, 5.41) is 34.3. The van der Waals surface area contributed by atoms with Gasteiger partial charge in [0, 0.05) is 5.56 Å². The molecule has 0 spiro atoms. The molecule has 36 heavy (non-hydrogen) atoms. The van der Waals surface area contributed by atoms with Gasteiger partial charge in [-0.1, -0.05) is 60.7 Å². The van der Waals surface area contributed by atoms with Gasteiger partial charge in [0.2, 0.25) is 0 Å². The maximum absolute atomic E-state index is 13.3. The Balaban J connectivity index is 1.33. The molecular formula is C29H24N4O3. The summed E-state index contributed by atoms with van der Waals surface area (Å²) in [4.78, 5) is 13.3. The number of hydrogen-bond acceptors (Lipinski definition) is 6. The molecule has 1 unspecified atom stereocenters. The van der Waals surface area contributed by atoms with Crippen LogP contribution in [0, 0.1) is 0 Å². The maximum Gasteiger partial charge on any atom is 0.280 e. The standard InChI is InChI=1S/C29H24N4O3/c34-25-17-18-26(35)22(19-25)14-11-20-12-15-23(16-13-20)30-31-28-27(21-7-3-1-4-8-21)32-33(29(28)36)24-9-5-2-6-10-24/h1-10,12-13,15-19,28,34-35H,11,14H2. The van der Waals surface area contributed by atoms with Crippen LogP contribution in [-0.4, -0.2) is 27.9 Å². The van der Waals surface area contributed by atoms with E-state index in [1.165, 1.54) is 17.1 Å². The van der Waals surface area contributed by atoms with Crippen molar-refractivity contribution >= 4 is 23.0 Å². The number of hydrogen-bond donors (Lipinski definition) is 2. The Morgan fingerprint density at radius 2 is 1.50 bits per heavy atom. The Bertz CT molecular complexity index is 1420. The Kier molecular flexibility index (Phi) is 6.53. The second-order valence-electron chi connectivity index (χ2n) is 8.43. The van der Waals surface area contributed by atoms with E-state index in [9.17, 15) is 15.0 Å². The van der Waals surface area contributed by atoms with Crippen molar-refractivity contribution in [1.29, 1.82) is 0 Å². The van der Waals surface area contributed by atoms with Crippen LogP contribution in [0.1, 0.15) is 16.7 Å². The van der Waals surface area contributed by atoms with Gasteiger partial charge in [-0.3, -0.25) is 4.79 Å². The fourth-order valence-electron chi connectivity index (χ4n) is 4.03. The van der Waals surface area contributed by atoms with E-state index in [1.54, 1.807) is 6.07 Å². The summed E-state index contributed by atoms with van der Waals surface area (Å²) in [6.07, 6.45) is 1.27. The molecule has 1 heterocycles. The predicted molar refractivity (Wildman–Crippen MR) is 139 cm³/mol. The van der Waals surface area contributed by atoms with Crippen molar-refractivity contribution in [2.45, 2.75) is 18.9 Å². The van der Waals surface area contributed by atoms with Crippen LogP contribution < -0.4 is 5.01 Å². The number of benzene rings is 4. The molecule has 1 atom stereocenters. The van der Waals surface area contributed by atoms with E-state index >= 15 is 0 Å². The second kappa shape index (κ2) is 10.2. The van der Waals surface area contributed by atoms with Crippen molar-refractivity contribution < 1.29 is 15.0 Å². The number of phenols is 2. The van der Waals surface area contributed by atoms with Crippen LogP contribution in [-0.2, 0) is 17.6 Å². The third-order valence-corrected chi connectivity index (χ3v) is 5.95. The van der Waals surface area contributed by atoms with E-state index in [-0.39, 0.29) is 17.4 Å². The van der Waals surface area contributed by atoms with E-state index in [0.29, 0.717) is 35.5 Å². The molecule has 0 radical (unpaired) electrons. The molecule has 4 aromatic carbocycles. The van der Waals surface area contributed by atoms with Crippen LogP contribution in [0.4, 0.5) is 11.4 Å². The largest absolute Gasteiger partial charge is 0.508 e. The number of nitrogens with zero attached hydrogens (tertiary/aromatic N) is 4. The van der Waals surface area contributed by atoms with Crippen molar-refractivity contribution in [3.05, 3.63) is 120 Å². The van der Waals surface area contributed by atoms with Crippen molar-refractivity contribution in [3.63, 3.8) is 0 Å². The summed E-state index contributed by atoms with van der Waals surface area (Å²) in [5.74, 6) is 0.0375. The first-order chi connectivity index (χ1) is 17.6. The third kappa shape index (κ3) is 5.00. The topological polar surface area (TPSA) is 97.8 Å². The highest BCUT2D eigenvalue weighted by molar-refractivity contribution is 6.24. The summed E-state index contributed by atoms with van der Waals surface area (Å²) in [5.41, 5.74) is 4.41. The van der Waals surface area contributed by atoms with Crippen LogP contribution in [0.25, 0.3) is 0 Å². The average Bonchev–Trinajstić information content (AvgIpc) is 3.25. The van der Waals surface area contributed by atoms with E-state index < -0.39 is 6.04 Å². The number of phenolic OH excluding ortho intramolecular Hbond substituents is 2. The van der Waals surface area contributed by atoms with Crippen molar-refractivity contribution in [2.75, 3.05) is 5.01 Å². The molecule has 4 aromatic rings. The van der Waals surface area contributed by atoms with Gasteiger partial charge in [-0.15, -0.1) is 0 Å². The van der Waals surface area contributed by atoms with Gasteiger partial charge in [0.15, 0.2) is 6.04 Å². The predicted octanol–water partition coefficient (Wildman–Crippen LogP) is 5.79. The first kappa shape index (κ1) is 23.0. The first-order valence-corrected chi connectivity index (χ1v) is 11.6. The Morgan fingerprint density at radius 1 is 0.806 bits per heavy atom. The Labute approximate surface area is 208 Å². The van der Waals surface area contributed by atoms with Gasteiger partial charge in [-0.2, -0.15) is 20.3 Å². The van der Waals surface area contributed by atoms with E-state index in [1.807, 2.05) is 84.9 Å². The number of aromatic hydroxyl groups is 2. The molecule has 0 bridgehead atoms. The van der Waals surface area contributed by atoms with Gasteiger partial charge >= 0.3 is 0 Å². The highest BCUT2D eigenvalue weighted by atomic mass is 16.3. The second-order valence-corrected chi connectivity index (χ2v) is 8.43. The van der Waals surface area contributed by atoms with Crippen LogP contribution in [0.3, 0.4) is 0 Å². The molecule has 178 valence electrons. The van der Waals surface area contributed by atoms with Crippen LogP contribution in [0.15, 0.2) is 118 Å². The molecule has 1 aliphatic heterocycles. The number of aryl methyl sites for hydroxylation is 2. The number of amides is 1. The molecule has 2 N–H and O–H groups in total. The SMILES string of the molecule is O=C1C(N=Nc2ccc(CCc3cc(O)ccc3O)cc2)C(c2ccccc2)=NN1c1ccccc1. The van der Waals surface area contributed by atoms with Crippen LogP contribution in [0.2, 0.25) is 0 Å². The molecule has 0 saturated carbocycles.